The maximum absolute atomic E-state index is 12.2. The molecule has 2 heterocycles. The number of ketones is 2. The van der Waals surface area contributed by atoms with E-state index in [2.05, 4.69) is 6.08 Å². The third kappa shape index (κ3) is 3.20. The second-order valence-electron chi connectivity index (χ2n) is 6.11. The first-order valence-corrected chi connectivity index (χ1v) is 17.0. The third-order valence-electron chi connectivity index (χ3n) is 4.99. The van der Waals surface area contributed by atoms with Crippen molar-refractivity contribution in [2.24, 2.45) is 17.8 Å². The average molecular weight is 462 g/mol. The molecule has 0 saturated carbocycles. The Kier molecular flexibility index (Phi) is 5.22. The summed E-state index contributed by atoms with van der Waals surface area (Å²) in [5, 5.41) is 0. The van der Waals surface area contributed by atoms with Gasteiger partial charge in [-0.1, -0.05) is 0 Å². The van der Waals surface area contributed by atoms with E-state index < -0.39 is 45.8 Å². The molecule has 3 aliphatic rings. The summed E-state index contributed by atoms with van der Waals surface area (Å²) in [5.41, 5.74) is 1.43. The molecule has 3 rings (SSSR count). The van der Waals surface area contributed by atoms with Crippen molar-refractivity contribution in [3.63, 3.8) is 0 Å². The fraction of sp³-hybridized carbons (Fsp3) is 0.733. The predicted octanol–water partition coefficient (Wildman–Crippen LogP) is 2.58. The van der Waals surface area contributed by atoms with Gasteiger partial charge in [0.05, 0.1) is 0 Å². The fourth-order valence-electron chi connectivity index (χ4n) is 3.99. The van der Waals surface area contributed by atoms with Crippen molar-refractivity contribution in [1.29, 1.82) is 0 Å². The molecule has 0 spiro atoms. The molecule has 0 amide bonds. The van der Waals surface area contributed by atoms with Gasteiger partial charge in [-0.25, -0.2) is 0 Å². The Balaban J connectivity index is 1.76. The molecule has 2 radical (unpaired) electrons. The number of allylic oxidation sites excluding steroid dienone is 2. The van der Waals surface area contributed by atoms with Crippen LogP contribution in [0.4, 0.5) is 0 Å². The van der Waals surface area contributed by atoms with Crippen molar-refractivity contribution >= 4 is 57.4 Å². The molecule has 0 aromatic heterocycles. The van der Waals surface area contributed by atoms with Crippen molar-refractivity contribution in [3.8, 4) is 0 Å². The van der Waals surface area contributed by atoms with E-state index in [1.54, 1.807) is 0 Å². The SMILES string of the molecule is O=C1C[CH2][In][CH2]C1C1=CCCC1C1[CH2][In][CH2]CC1=O. The second-order valence-corrected chi connectivity index (χ2v) is 15.4. The Morgan fingerprint density at radius 2 is 1.68 bits per heavy atom. The molecule has 2 saturated heterocycles. The van der Waals surface area contributed by atoms with Crippen LogP contribution in [0.15, 0.2) is 11.6 Å². The summed E-state index contributed by atoms with van der Waals surface area (Å²) >= 11 is -0.872. The van der Waals surface area contributed by atoms with Crippen LogP contribution in [0.5, 0.6) is 0 Å². The number of Topliss-reactive ketones (excluding diaryl/α,β-unsaturated/α-hetero) is 2. The van der Waals surface area contributed by atoms with Crippen LogP contribution in [0.1, 0.15) is 25.7 Å². The van der Waals surface area contributed by atoms with Crippen LogP contribution >= 0.6 is 0 Å². The van der Waals surface area contributed by atoms with Crippen LogP contribution in [0, 0.1) is 17.8 Å². The first-order valence-electron chi connectivity index (χ1n) is 7.66. The summed E-state index contributed by atoms with van der Waals surface area (Å²) in [4.78, 5) is 24.4. The van der Waals surface area contributed by atoms with Gasteiger partial charge in [0.1, 0.15) is 0 Å². The minimum absolute atomic E-state index is 0.268. The van der Waals surface area contributed by atoms with E-state index >= 15 is 0 Å². The number of carbonyl (C=O) groups is 2. The van der Waals surface area contributed by atoms with Gasteiger partial charge in [-0.2, -0.15) is 0 Å². The van der Waals surface area contributed by atoms with E-state index in [1.165, 1.54) is 22.3 Å². The van der Waals surface area contributed by atoms with Gasteiger partial charge in [-0.3, -0.25) is 0 Å². The quantitative estimate of drug-likeness (QED) is 0.592. The molecule has 0 aromatic carbocycles. The van der Waals surface area contributed by atoms with E-state index in [9.17, 15) is 9.59 Å². The molecule has 0 aromatic rings. The molecule has 2 fully saturated rings. The van der Waals surface area contributed by atoms with Gasteiger partial charge in [0, 0.05) is 0 Å². The van der Waals surface area contributed by atoms with E-state index in [0.29, 0.717) is 23.4 Å². The van der Waals surface area contributed by atoms with E-state index in [1.807, 2.05) is 0 Å². The Hall–Kier alpha value is 0.820. The molecule has 3 atom stereocenters. The van der Waals surface area contributed by atoms with Crippen molar-refractivity contribution in [3.05, 3.63) is 11.6 Å². The summed E-state index contributed by atoms with van der Waals surface area (Å²) in [6, 6.07) is 0. The van der Waals surface area contributed by atoms with Crippen molar-refractivity contribution in [2.45, 2.75) is 42.4 Å². The summed E-state index contributed by atoms with van der Waals surface area (Å²) in [5.74, 6) is 2.12. The van der Waals surface area contributed by atoms with Gasteiger partial charge >= 0.3 is 139 Å². The molecule has 98 valence electrons. The first-order chi connectivity index (χ1) is 9.27. The van der Waals surface area contributed by atoms with E-state index in [4.69, 9.17) is 0 Å². The Bertz CT molecular complexity index is 416. The molecule has 0 N–H and O–H groups in total. The Morgan fingerprint density at radius 3 is 2.42 bits per heavy atom. The monoisotopic (exact) mass is 462 g/mol. The van der Waals surface area contributed by atoms with E-state index in [0.717, 1.165) is 25.7 Å². The van der Waals surface area contributed by atoms with E-state index in [-0.39, 0.29) is 5.92 Å². The molecular formula is C15H20In2O2. The molecule has 4 heteroatoms. The second kappa shape index (κ2) is 6.72. The molecule has 2 nitrogen and oxygen atoms in total. The van der Waals surface area contributed by atoms with Crippen LogP contribution in [-0.4, -0.2) is 57.4 Å². The van der Waals surface area contributed by atoms with Crippen molar-refractivity contribution in [2.75, 3.05) is 0 Å². The van der Waals surface area contributed by atoms with Gasteiger partial charge in [-0.05, 0) is 0 Å². The van der Waals surface area contributed by atoms with Gasteiger partial charge < -0.3 is 0 Å². The number of hydrogen-bond donors (Lipinski definition) is 0. The van der Waals surface area contributed by atoms with Crippen LogP contribution in [0.3, 0.4) is 0 Å². The van der Waals surface area contributed by atoms with Crippen LogP contribution in [-0.2, 0) is 9.59 Å². The van der Waals surface area contributed by atoms with Crippen molar-refractivity contribution in [1.82, 2.24) is 0 Å². The Morgan fingerprint density at radius 1 is 0.947 bits per heavy atom. The molecule has 0 bridgehead atoms. The van der Waals surface area contributed by atoms with Gasteiger partial charge in [0.2, 0.25) is 0 Å². The average Bonchev–Trinajstić information content (AvgIpc) is 2.89. The molecular weight excluding hydrogens is 442 g/mol. The molecule has 2 aliphatic heterocycles. The maximum atomic E-state index is 12.2. The number of rotatable bonds is 2. The zero-order valence-corrected chi connectivity index (χ0v) is 18.0. The Labute approximate surface area is 137 Å². The molecule has 19 heavy (non-hydrogen) atoms. The summed E-state index contributed by atoms with van der Waals surface area (Å²) in [7, 11) is 0. The standard InChI is InChI=1S/C15H20O2.2In/c1-5-14(16)10(3)12-8-7-9-13(12)11(4)15(17)6-2;;/h8,10-11,13H,1-7,9H2;;. The van der Waals surface area contributed by atoms with Crippen LogP contribution in [0.25, 0.3) is 0 Å². The van der Waals surface area contributed by atoms with Gasteiger partial charge in [0.25, 0.3) is 0 Å². The zero-order chi connectivity index (χ0) is 13.2. The minimum atomic E-state index is -0.443. The fourth-order valence-corrected chi connectivity index (χ4v) is 13.3. The van der Waals surface area contributed by atoms with Crippen LogP contribution < -0.4 is 0 Å². The van der Waals surface area contributed by atoms with Gasteiger partial charge in [0.15, 0.2) is 0 Å². The topological polar surface area (TPSA) is 34.1 Å². The third-order valence-corrected chi connectivity index (χ3v) is 13.7. The summed E-state index contributed by atoms with van der Waals surface area (Å²) < 4.78 is 5.03. The summed E-state index contributed by atoms with van der Waals surface area (Å²) in [6.07, 6.45) is 6.34. The predicted molar refractivity (Wildman–Crippen MR) is 77.8 cm³/mol. The van der Waals surface area contributed by atoms with Crippen LogP contribution in [0.2, 0.25) is 16.7 Å². The van der Waals surface area contributed by atoms with Gasteiger partial charge in [-0.15, -0.1) is 0 Å². The normalized spacial score (nSPS) is 35.6. The number of carbonyl (C=O) groups excluding carboxylic acids is 2. The summed E-state index contributed by atoms with van der Waals surface area (Å²) in [6.45, 7) is 0. The number of hydrogen-bond acceptors (Lipinski definition) is 2. The molecule has 1 aliphatic carbocycles. The zero-order valence-electron chi connectivity index (χ0n) is 11.4. The van der Waals surface area contributed by atoms with Crippen molar-refractivity contribution < 1.29 is 9.59 Å². The molecule has 3 unspecified atom stereocenters. The first kappa shape index (κ1) is 14.7.